The number of rotatable bonds is 3. The molecule has 0 aliphatic rings. The van der Waals surface area contributed by atoms with Crippen molar-refractivity contribution in [1.29, 1.82) is 0 Å². The summed E-state index contributed by atoms with van der Waals surface area (Å²) in [5, 5.41) is 16.3. The van der Waals surface area contributed by atoms with Gasteiger partial charge in [-0.15, -0.1) is 0 Å². The number of benzene rings is 1. The minimum atomic E-state index is -0.817. The standard InChI is InChI=1S/C13H12N2O2/c1-9-6-10(7-13(16)17)2-3-12(9)11-4-5-14-15-8-11/h2-6,8H,7H2,1H3,(H,16,17). The van der Waals surface area contributed by atoms with Crippen LogP contribution in [0.2, 0.25) is 0 Å². The van der Waals surface area contributed by atoms with Gasteiger partial charge in [0, 0.05) is 5.56 Å². The van der Waals surface area contributed by atoms with Gasteiger partial charge in [0.2, 0.25) is 0 Å². The number of carbonyl (C=O) groups is 1. The molecule has 0 radical (unpaired) electrons. The van der Waals surface area contributed by atoms with E-state index in [1.165, 1.54) is 0 Å². The number of hydrogen-bond acceptors (Lipinski definition) is 3. The summed E-state index contributed by atoms with van der Waals surface area (Å²) in [5.74, 6) is -0.817. The van der Waals surface area contributed by atoms with Gasteiger partial charge >= 0.3 is 5.97 Å². The highest BCUT2D eigenvalue weighted by Crippen LogP contribution is 2.23. The summed E-state index contributed by atoms with van der Waals surface area (Å²) in [6.07, 6.45) is 3.38. The average Bonchev–Trinajstić information content (AvgIpc) is 2.29. The highest BCUT2D eigenvalue weighted by molar-refractivity contribution is 5.72. The molecule has 0 aliphatic carbocycles. The van der Waals surface area contributed by atoms with E-state index < -0.39 is 5.97 Å². The third kappa shape index (κ3) is 2.66. The molecule has 17 heavy (non-hydrogen) atoms. The Bertz CT molecular complexity index is 538. The van der Waals surface area contributed by atoms with Crippen LogP contribution in [-0.2, 0) is 11.2 Å². The molecule has 0 unspecified atom stereocenters. The first kappa shape index (κ1) is 11.3. The normalized spacial score (nSPS) is 10.2. The van der Waals surface area contributed by atoms with Gasteiger partial charge in [-0.3, -0.25) is 4.79 Å². The van der Waals surface area contributed by atoms with E-state index in [0.717, 1.165) is 22.3 Å². The lowest BCUT2D eigenvalue weighted by molar-refractivity contribution is -0.136. The fraction of sp³-hybridized carbons (Fsp3) is 0.154. The van der Waals surface area contributed by atoms with Gasteiger partial charge in [0.15, 0.2) is 0 Å². The van der Waals surface area contributed by atoms with E-state index in [1.54, 1.807) is 12.4 Å². The number of aromatic nitrogens is 2. The molecular formula is C13H12N2O2. The maximum atomic E-state index is 10.6. The number of aliphatic carboxylic acids is 1. The van der Waals surface area contributed by atoms with E-state index in [-0.39, 0.29) is 6.42 Å². The lowest BCUT2D eigenvalue weighted by Gasteiger charge is -2.07. The Morgan fingerprint density at radius 2 is 2.12 bits per heavy atom. The number of nitrogens with zero attached hydrogens (tertiary/aromatic N) is 2. The summed E-state index contributed by atoms with van der Waals surface area (Å²) < 4.78 is 0. The van der Waals surface area contributed by atoms with Crippen molar-refractivity contribution in [3.63, 3.8) is 0 Å². The van der Waals surface area contributed by atoms with Gasteiger partial charge in [-0.25, -0.2) is 0 Å². The fourth-order valence-electron chi connectivity index (χ4n) is 1.78. The first-order valence-corrected chi connectivity index (χ1v) is 5.25. The second kappa shape index (κ2) is 4.74. The average molecular weight is 228 g/mol. The van der Waals surface area contributed by atoms with E-state index in [2.05, 4.69) is 10.2 Å². The maximum absolute atomic E-state index is 10.6. The second-order valence-corrected chi connectivity index (χ2v) is 3.85. The third-order valence-electron chi connectivity index (χ3n) is 2.54. The van der Waals surface area contributed by atoms with Crippen LogP contribution in [0, 0.1) is 6.92 Å². The molecule has 0 aliphatic heterocycles. The van der Waals surface area contributed by atoms with Crippen molar-refractivity contribution in [3.8, 4) is 11.1 Å². The van der Waals surface area contributed by atoms with Crippen LogP contribution in [0.25, 0.3) is 11.1 Å². The van der Waals surface area contributed by atoms with Crippen molar-refractivity contribution >= 4 is 5.97 Å². The predicted molar refractivity (Wildman–Crippen MR) is 63.5 cm³/mol. The van der Waals surface area contributed by atoms with Gasteiger partial charge in [-0.1, -0.05) is 18.2 Å². The van der Waals surface area contributed by atoms with Crippen LogP contribution in [-0.4, -0.2) is 21.3 Å². The summed E-state index contributed by atoms with van der Waals surface area (Å²) in [4.78, 5) is 10.6. The Balaban J connectivity index is 2.35. The molecule has 1 heterocycles. The lowest BCUT2D eigenvalue weighted by atomic mass is 9.99. The van der Waals surface area contributed by atoms with Crippen LogP contribution in [0.4, 0.5) is 0 Å². The van der Waals surface area contributed by atoms with E-state index in [9.17, 15) is 4.79 Å². The van der Waals surface area contributed by atoms with Crippen molar-refractivity contribution < 1.29 is 9.90 Å². The molecule has 4 nitrogen and oxygen atoms in total. The molecule has 0 saturated carbocycles. The van der Waals surface area contributed by atoms with Gasteiger partial charge in [-0.2, -0.15) is 10.2 Å². The Morgan fingerprint density at radius 3 is 2.71 bits per heavy atom. The zero-order valence-corrected chi connectivity index (χ0v) is 9.42. The zero-order chi connectivity index (χ0) is 12.3. The Labute approximate surface area is 98.9 Å². The molecule has 1 N–H and O–H groups in total. The van der Waals surface area contributed by atoms with E-state index in [4.69, 9.17) is 5.11 Å². The molecular weight excluding hydrogens is 216 g/mol. The van der Waals surface area contributed by atoms with Crippen molar-refractivity contribution in [3.05, 3.63) is 47.8 Å². The highest BCUT2D eigenvalue weighted by atomic mass is 16.4. The lowest BCUT2D eigenvalue weighted by Crippen LogP contribution is -2.00. The Hall–Kier alpha value is -2.23. The van der Waals surface area contributed by atoms with Crippen molar-refractivity contribution in [1.82, 2.24) is 10.2 Å². The van der Waals surface area contributed by atoms with Crippen LogP contribution in [0.5, 0.6) is 0 Å². The van der Waals surface area contributed by atoms with Crippen LogP contribution in [0.15, 0.2) is 36.7 Å². The van der Waals surface area contributed by atoms with Crippen molar-refractivity contribution in [2.24, 2.45) is 0 Å². The smallest absolute Gasteiger partial charge is 0.307 e. The van der Waals surface area contributed by atoms with Crippen LogP contribution in [0.1, 0.15) is 11.1 Å². The summed E-state index contributed by atoms with van der Waals surface area (Å²) in [6, 6.07) is 7.53. The molecule has 2 rings (SSSR count). The fourth-order valence-corrected chi connectivity index (χ4v) is 1.78. The molecule has 0 saturated heterocycles. The molecule has 0 atom stereocenters. The van der Waals surface area contributed by atoms with Crippen molar-refractivity contribution in [2.75, 3.05) is 0 Å². The minimum absolute atomic E-state index is 0.0513. The summed E-state index contributed by atoms with van der Waals surface area (Å²) in [7, 11) is 0. The topological polar surface area (TPSA) is 63.1 Å². The SMILES string of the molecule is Cc1cc(CC(=O)O)ccc1-c1ccnnc1. The first-order valence-electron chi connectivity index (χ1n) is 5.25. The summed E-state index contributed by atoms with van der Waals surface area (Å²) in [5.41, 5.74) is 3.88. The second-order valence-electron chi connectivity index (χ2n) is 3.85. The molecule has 1 aromatic heterocycles. The number of carboxylic acid groups (broad SMARTS) is 1. The molecule has 0 bridgehead atoms. The van der Waals surface area contributed by atoms with Gasteiger partial charge in [-0.05, 0) is 29.7 Å². The maximum Gasteiger partial charge on any atom is 0.307 e. The van der Waals surface area contributed by atoms with Crippen LogP contribution < -0.4 is 0 Å². The molecule has 0 spiro atoms. The number of hydrogen-bond donors (Lipinski definition) is 1. The van der Waals surface area contributed by atoms with Gasteiger partial charge < -0.3 is 5.11 Å². The van der Waals surface area contributed by atoms with Crippen molar-refractivity contribution in [2.45, 2.75) is 13.3 Å². The van der Waals surface area contributed by atoms with Gasteiger partial charge in [0.05, 0.1) is 18.8 Å². The predicted octanol–water partition coefficient (Wildman–Crippen LogP) is 2.08. The Morgan fingerprint density at radius 1 is 1.29 bits per heavy atom. The quantitative estimate of drug-likeness (QED) is 0.873. The molecule has 86 valence electrons. The molecule has 0 fully saturated rings. The van der Waals surface area contributed by atoms with E-state index in [0.29, 0.717) is 0 Å². The van der Waals surface area contributed by atoms with Gasteiger partial charge in [0.1, 0.15) is 0 Å². The number of aryl methyl sites for hydroxylation is 1. The molecule has 1 aromatic carbocycles. The third-order valence-corrected chi connectivity index (χ3v) is 2.54. The minimum Gasteiger partial charge on any atom is -0.481 e. The number of carboxylic acids is 1. The molecule has 4 heteroatoms. The summed E-state index contributed by atoms with van der Waals surface area (Å²) >= 11 is 0. The first-order chi connectivity index (χ1) is 8.16. The van der Waals surface area contributed by atoms with E-state index >= 15 is 0 Å². The highest BCUT2D eigenvalue weighted by Gasteiger charge is 2.05. The zero-order valence-electron chi connectivity index (χ0n) is 9.42. The Kier molecular flexibility index (Phi) is 3.14. The molecule has 2 aromatic rings. The largest absolute Gasteiger partial charge is 0.481 e. The van der Waals surface area contributed by atoms with Crippen LogP contribution in [0.3, 0.4) is 0 Å². The van der Waals surface area contributed by atoms with Crippen LogP contribution >= 0.6 is 0 Å². The van der Waals surface area contributed by atoms with Gasteiger partial charge in [0.25, 0.3) is 0 Å². The monoisotopic (exact) mass is 228 g/mol. The summed E-state index contributed by atoms with van der Waals surface area (Å²) in [6.45, 7) is 1.96. The molecule has 0 amide bonds. The van der Waals surface area contributed by atoms with E-state index in [1.807, 2.05) is 31.2 Å².